The van der Waals surface area contributed by atoms with Crippen LogP contribution < -0.4 is 4.90 Å². The van der Waals surface area contributed by atoms with Crippen LogP contribution in [0.15, 0.2) is 35.5 Å². The maximum Gasteiger partial charge on any atom is 0.323 e. The molecule has 1 atom stereocenters. The third kappa shape index (κ3) is 2.90. The van der Waals surface area contributed by atoms with Gasteiger partial charge in [0.1, 0.15) is 12.6 Å². The number of anilines is 1. The molecule has 1 aromatic carbocycles. The molecule has 0 spiro atoms. The van der Waals surface area contributed by atoms with Crippen molar-refractivity contribution in [3.05, 3.63) is 46.7 Å². The summed E-state index contributed by atoms with van der Waals surface area (Å²) in [5, 5.41) is 21.3. The highest BCUT2D eigenvalue weighted by Crippen LogP contribution is 2.47. The van der Waals surface area contributed by atoms with Gasteiger partial charge in [0.05, 0.1) is 0 Å². The number of rotatable bonds is 3. The van der Waals surface area contributed by atoms with Crippen LogP contribution in [0.5, 0.6) is 0 Å². The molecule has 0 saturated heterocycles. The summed E-state index contributed by atoms with van der Waals surface area (Å²) >= 11 is 0. The topological polar surface area (TPSA) is 101 Å². The number of fused-ring (bicyclic) bond motifs is 1. The third-order valence-corrected chi connectivity index (χ3v) is 5.14. The molecule has 1 N–H and O–H groups in total. The second kappa shape index (κ2) is 6.00. The van der Waals surface area contributed by atoms with Crippen molar-refractivity contribution in [1.82, 2.24) is 20.2 Å². The van der Waals surface area contributed by atoms with Gasteiger partial charge in [-0.15, -0.1) is 0 Å². The molecule has 0 amide bonds. The van der Waals surface area contributed by atoms with Crippen molar-refractivity contribution in [2.75, 3.05) is 11.4 Å². The third-order valence-electron chi connectivity index (χ3n) is 5.14. The van der Waals surface area contributed by atoms with Crippen LogP contribution in [0.4, 0.5) is 5.95 Å². The molecule has 0 radical (unpaired) electrons. The number of ketones is 1. The normalized spacial score (nSPS) is 21.1. The molecule has 2 aromatic rings. The van der Waals surface area contributed by atoms with Crippen molar-refractivity contribution in [3.63, 3.8) is 0 Å². The minimum absolute atomic E-state index is 0.0170. The molecular formula is C19H21N5O3. The van der Waals surface area contributed by atoms with Gasteiger partial charge in [0.25, 0.3) is 5.95 Å². The van der Waals surface area contributed by atoms with Crippen LogP contribution in [-0.4, -0.2) is 43.6 Å². The predicted octanol–water partition coefficient (Wildman–Crippen LogP) is 2.12. The predicted molar refractivity (Wildman–Crippen MR) is 97.2 cm³/mol. The maximum absolute atomic E-state index is 13.1. The highest BCUT2D eigenvalue weighted by molar-refractivity contribution is 6.00. The Labute approximate surface area is 156 Å². The number of benzene rings is 1. The second-order valence-corrected chi connectivity index (χ2v) is 8.02. The highest BCUT2D eigenvalue weighted by atomic mass is 16.4. The lowest BCUT2D eigenvalue weighted by molar-refractivity contribution is -0.135. The fraction of sp³-hybridized carbons (Fsp3) is 0.421. The number of tetrazole rings is 1. The summed E-state index contributed by atoms with van der Waals surface area (Å²) in [6, 6.07) is 7.46. The Morgan fingerprint density at radius 2 is 1.96 bits per heavy atom. The molecule has 1 unspecified atom stereocenters. The van der Waals surface area contributed by atoms with Gasteiger partial charge >= 0.3 is 5.97 Å². The average Bonchev–Trinajstić information content (AvgIpc) is 3.05. The molecule has 0 fully saturated rings. The number of aliphatic carboxylic acids is 1. The van der Waals surface area contributed by atoms with Gasteiger partial charge in [-0.1, -0.05) is 48.8 Å². The van der Waals surface area contributed by atoms with Gasteiger partial charge in [-0.3, -0.25) is 9.59 Å². The lowest BCUT2D eigenvalue weighted by atomic mass is 9.72. The number of carbonyl (C=O) groups excluding carboxylic acids is 1. The van der Waals surface area contributed by atoms with E-state index in [-0.39, 0.29) is 17.7 Å². The fourth-order valence-electron chi connectivity index (χ4n) is 3.99. The van der Waals surface area contributed by atoms with Crippen molar-refractivity contribution < 1.29 is 14.7 Å². The molecule has 2 heterocycles. The molecule has 0 bridgehead atoms. The zero-order valence-electron chi connectivity index (χ0n) is 15.5. The first-order chi connectivity index (χ1) is 12.8. The number of nitrogens with zero attached hydrogens (tertiary/aromatic N) is 5. The summed E-state index contributed by atoms with van der Waals surface area (Å²) in [4.78, 5) is 26.2. The van der Waals surface area contributed by atoms with Crippen LogP contribution in [-0.2, 0) is 9.59 Å². The van der Waals surface area contributed by atoms with Gasteiger partial charge in [0, 0.05) is 17.7 Å². The Hall–Kier alpha value is -3.03. The SMILES string of the molecule is Cc1ccc(C2C3=C(CC(C)(C)CC3=O)N(CC(=O)O)c3nnnn32)cc1. The number of carbonyl (C=O) groups is 2. The van der Waals surface area contributed by atoms with E-state index >= 15 is 0 Å². The quantitative estimate of drug-likeness (QED) is 0.886. The van der Waals surface area contributed by atoms with Crippen molar-refractivity contribution in [2.24, 2.45) is 5.41 Å². The Morgan fingerprint density at radius 1 is 1.26 bits per heavy atom. The number of aryl methyl sites for hydroxylation is 1. The lowest BCUT2D eigenvalue weighted by Gasteiger charge is -2.42. The van der Waals surface area contributed by atoms with Crippen molar-refractivity contribution in [2.45, 2.75) is 39.7 Å². The van der Waals surface area contributed by atoms with Crippen LogP contribution in [0.3, 0.4) is 0 Å². The number of hydrogen-bond acceptors (Lipinski definition) is 6. The van der Waals surface area contributed by atoms with E-state index in [1.165, 1.54) is 0 Å². The van der Waals surface area contributed by atoms with E-state index in [1.807, 2.05) is 45.0 Å². The molecule has 8 nitrogen and oxygen atoms in total. The first-order valence-corrected chi connectivity index (χ1v) is 8.87. The summed E-state index contributed by atoms with van der Waals surface area (Å²) in [7, 11) is 0. The molecule has 2 aliphatic rings. The summed E-state index contributed by atoms with van der Waals surface area (Å²) in [5.74, 6) is -0.628. The highest BCUT2D eigenvalue weighted by Gasteiger charge is 2.45. The number of aromatic nitrogens is 4. The first kappa shape index (κ1) is 17.4. The summed E-state index contributed by atoms with van der Waals surface area (Å²) in [6.45, 7) is 5.75. The standard InChI is InChI=1S/C19H21N5O3/c1-11-4-6-12(7-5-11)17-16-13(8-19(2,3)9-14(16)25)23(10-15(26)27)18-20-21-22-24(17)18/h4-7,17H,8-10H2,1-3H3,(H,26,27). The lowest BCUT2D eigenvalue weighted by Crippen LogP contribution is -2.44. The van der Waals surface area contributed by atoms with Crippen LogP contribution in [0.2, 0.25) is 0 Å². The van der Waals surface area contributed by atoms with Gasteiger partial charge in [-0.05, 0) is 34.7 Å². The van der Waals surface area contributed by atoms with Crippen LogP contribution in [0.25, 0.3) is 0 Å². The Kier molecular flexibility index (Phi) is 3.87. The Balaban J connectivity index is 1.95. The fourth-order valence-corrected chi connectivity index (χ4v) is 3.99. The number of Topliss-reactive ketones (excluding diaryl/α,β-unsaturated/α-hetero) is 1. The average molecular weight is 367 g/mol. The van der Waals surface area contributed by atoms with E-state index in [0.29, 0.717) is 30.1 Å². The van der Waals surface area contributed by atoms with Crippen molar-refractivity contribution >= 4 is 17.7 Å². The molecule has 4 rings (SSSR count). The van der Waals surface area contributed by atoms with E-state index in [2.05, 4.69) is 15.5 Å². The molecule has 0 saturated carbocycles. The summed E-state index contributed by atoms with van der Waals surface area (Å²) in [5.41, 5.74) is 3.08. The Bertz CT molecular complexity index is 958. The van der Waals surface area contributed by atoms with Gasteiger partial charge in [-0.2, -0.15) is 4.68 Å². The number of carboxylic acids is 1. The molecule has 140 valence electrons. The molecule has 27 heavy (non-hydrogen) atoms. The van der Waals surface area contributed by atoms with Crippen molar-refractivity contribution in [1.29, 1.82) is 0 Å². The molecule has 1 aliphatic heterocycles. The molecule has 1 aliphatic carbocycles. The smallest absolute Gasteiger partial charge is 0.323 e. The van der Waals surface area contributed by atoms with Gasteiger partial charge in [0.15, 0.2) is 5.78 Å². The van der Waals surface area contributed by atoms with Crippen LogP contribution in [0.1, 0.15) is 43.9 Å². The van der Waals surface area contributed by atoms with E-state index < -0.39 is 12.0 Å². The number of carboxylic acid groups (broad SMARTS) is 1. The number of hydrogen-bond donors (Lipinski definition) is 1. The zero-order valence-corrected chi connectivity index (χ0v) is 15.5. The second-order valence-electron chi connectivity index (χ2n) is 8.02. The van der Waals surface area contributed by atoms with E-state index in [9.17, 15) is 14.7 Å². The van der Waals surface area contributed by atoms with E-state index in [0.717, 1.165) is 11.1 Å². The first-order valence-electron chi connectivity index (χ1n) is 8.87. The number of allylic oxidation sites excluding steroid dienone is 2. The van der Waals surface area contributed by atoms with Gasteiger partial charge in [0.2, 0.25) is 0 Å². The summed E-state index contributed by atoms with van der Waals surface area (Å²) < 4.78 is 1.56. The molecule has 1 aromatic heterocycles. The Morgan fingerprint density at radius 3 is 2.63 bits per heavy atom. The molecular weight excluding hydrogens is 346 g/mol. The largest absolute Gasteiger partial charge is 0.480 e. The minimum Gasteiger partial charge on any atom is -0.480 e. The van der Waals surface area contributed by atoms with Gasteiger partial charge < -0.3 is 10.0 Å². The monoisotopic (exact) mass is 367 g/mol. The van der Waals surface area contributed by atoms with Crippen LogP contribution >= 0.6 is 0 Å². The van der Waals surface area contributed by atoms with Crippen LogP contribution in [0, 0.1) is 12.3 Å². The maximum atomic E-state index is 13.1. The summed E-state index contributed by atoms with van der Waals surface area (Å²) in [6.07, 6.45) is 1.00. The molecule has 8 heteroatoms. The van der Waals surface area contributed by atoms with Gasteiger partial charge in [-0.25, -0.2) is 0 Å². The van der Waals surface area contributed by atoms with E-state index in [1.54, 1.807) is 9.58 Å². The van der Waals surface area contributed by atoms with Crippen molar-refractivity contribution in [3.8, 4) is 0 Å². The van der Waals surface area contributed by atoms with E-state index in [4.69, 9.17) is 0 Å². The minimum atomic E-state index is -0.999. The zero-order chi connectivity index (χ0) is 19.3.